The van der Waals surface area contributed by atoms with Crippen LogP contribution in [0, 0.1) is 28.4 Å². The predicted molar refractivity (Wildman–Crippen MR) is 102 cm³/mol. The third-order valence-electron chi connectivity index (χ3n) is 4.14. The molecule has 0 atom stereocenters. The van der Waals surface area contributed by atoms with Crippen molar-refractivity contribution in [2.45, 2.75) is 34.1 Å². The predicted octanol–water partition coefficient (Wildman–Crippen LogP) is 5.37. The lowest BCUT2D eigenvalue weighted by Crippen LogP contribution is -2.14. The highest BCUT2D eigenvalue weighted by Gasteiger charge is 2.25. The maximum Gasteiger partial charge on any atom is 0.220 e. The summed E-state index contributed by atoms with van der Waals surface area (Å²) in [4.78, 5) is 12.7. The molecule has 0 heterocycles. The van der Waals surface area contributed by atoms with Gasteiger partial charge in [0.15, 0.2) is 23.3 Å². The molecule has 27 heavy (non-hydrogen) atoms. The number of carbonyl (C=O) groups is 1. The molecule has 0 aromatic heterocycles. The summed E-state index contributed by atoms with van der Waals surface area (Å²) >= 11 is 0. The highest BCUT2D eigenvalue weighted by molar-refractivity contribution is 6.05. The van der Waals surface area contributed by atoms with E-state index in [4.69, 9.17) is 15.6 Å². The Kier molecular flexibility index (Phi) is 6.20. The van der Waals surface area contributed by atoms with E-state index in [0.29, 0.717) is 23.1 Å². The van der Waals surface area contributed by atoms with Crippen molar-refractivity contribution in [2.24, 2.45) is 5.92 Å². The van der Waals surface area contributed by atoms with E-state index in [1.807, 2.05) is 0 Å². The van der Waals surface area contributed by atoms with Gasteiger partial charge < -0.3 is 4.74 Å². The first-order valence-corrected chi connectivity index (χ1v) is 8.64. The van der Waals surface area contributed by atoms with Crippen LogP contribution in [0.4, 0.5) is 8.78 Å². The van der Waals surface area contributed by atoms with Crippen LogP contribution in [0.2, 0.25) is 0 Å². The summed E-state index contributed by atoms with van der Waals surface area (Å²) < 4.78 is 33.8. The van der Waals surface area contributed by atoms with Crippen LogP contribution in [-0.2, 0) is 11.2 Å². The van der Waals surface area contributed by atoms with Gasteiger partial charge in [0.05, 0.1) is 0 Å². The Bertz CT molecular complexity index is 903. The van der Waals surface area contributed by atoms with E-state index in [-0.39, 0.29) is 34.6 Å². The Morgan fingerprint density at radius 3 is 2.22 bits per heavy atom. The minimum Gasteiger partial charge on any atom is -0.426 e. The molecule has 142 valence electrons. The van der Waals surface area contributed by atoms with Crippen LogP contribution in [0.25, 0.3) is 11.1 Å². The summed E-state index contributed by atoms with van der Waals surface area (Å²) in [6, 6.07) is 7.14. The van der Waals surface area contributed by atoms with Crippen LogP contribution in [0.5, 0.6) is 0 Å². The van der Waals surface area contributed by atoms with Gasteiger partial charge in [0.1, 0.15) is 0 Å². The summed E-state index contributed by atoms with van der Waals surface area (Å²) in [5, 5.41) is 15.1. The average molecular weight is 372 g/mol. The second-order valence-corrected chi connectivity index (χ2v) is 6.52. The van der Waals surface area contributed by atoms with E-state index in [1.54, 1.807) is 20.8 Å². The van der Waals surface area contributed by atoms with Gasteiger partial charge in [0.2, 0.25) is 5.90 Å². The van der Waals surface area contributed by atoms with Crippen molar-refractivity contribution >= 4 is 17.6 Å². The van der Waals surface area contributed by atoms with Crippen molar-refractivity contribution in [1.82, 2.24) is 0 Å². The van der Waals surface area contributed by atoms with Gasteiger partial charge >= 0.3 is 0 Å². The quantitative estimate of drug-likeness (QED) is 0.420. The zero-order chi connectivity index (χ0) is 20.3. The number of carbonyl (C=O) groups excluding carboxylic acids is 1. The molecule has 0 aliphatic heterocycles. The van der Waals surface area contributed by atoms with Gasteiger partial charge in [-0.2, -0.15) is 0 Å². The largest absolute Gasteiger partial charge is 0.426 e. The third kappa shape index (κ3) is 4.27. The molecule has 4 nitrogen and oxygen atoms in total. The molecule has 0 aliphatic carbocycles. The van der Waals surface area contributed by atoms with Crippen molar-refractivity contribution < 1.29 is 18.3 Å². The summed E-state index contributed by atoms with van der Waals surface area (Å²) in [7, 11) is 0. The standard InChI is InChI=1S/C21H22F2N2O2/c1-5-13-10-16(22)19(23)17(18(13)20(26)11(2)3)14-6-8-15(9-7-14)21(25)27-12(4)24/h6-11,24-25H,5H2,1-4H3. The summed E-state index contributed by atoms with van der Waals surface area (Å²) in [6.45, 7) is 6.62. The fourth-order valence-corrected chi connectivity index (χ4v) is 2.80. The van der Waals surface area contributed by atoms with Crippen molar-refractivity contribution in [3.63, 3.8) is 0 Å². The molecule has 0 saturated heterocycles. The van der Waals surface area contributed by atoms with Crippen molar-refractivity contribution in [3.8, 4) is 11.1 Å². The molecule has 0 bridgehead atoms. The highest BCUT2D eigenvalue weighted by Crippen LogP contribution is 2.33. The molecule has 2 N–H and O–H groups in total. The number of benzene rings is 2. The fraction of sp³-hybridized carbons (Fsp3) is 0.286. The Balaban J connectivity index is 2.63. The van der Waals surface area contributed by atoms with Crippen LogP contribution in [-0.4, -0.2) is 17.6 Å². The second-order valence-electron chi connectivity index (χ2n) is 6.52. The molecule has 2 aromatic rings. The monoisotopic (exact) mass is 372 g/mol. The molecule has 6 heteroatoms. The van der Waals surface area contributed by atoms with E-state index in [1.165, 1.54) is 31.2 Å². The van der Waals surface area contributed by atoms with E-state index in [9.17, 15) is 13.6 Å². The number of Topliss-reactive ketones (excluding diaryl/α,β-unsaturated/α-hetero) is 1. The maximum atomic E-state index is 14.7. The highest BCUT2D eigenvalue weighted by atomic mass is 19.2. The van der Waals surface area contributed by atoms with E-state index in [2.05, 4.69) is 0 Å². The summed E-state index contributed by atoms with van der Waals surface area (Å²) in [5.74, 6) is -3.03. The number of halogens is 2. The molecule has 0 radical (unpaired) electrons. The zero-order valence-corrected chi connectivity index (χ0v) is 15.7. The normalized spacial score (nSPS) is 10.8. The molecule has 0 fully saturated rings. The topological polar surface area (TPSA) is 74.0 Å². The number of aryl methyl sites for hydroxylation is 1. The van der Waals surface area contributed by atoms with Gasteiger partial charge in [0.25, 0.3) is 0 Å². The van der Waals surface area contributed by atoms with Crippen LogP contribution < -0.4 is 0 Å². The molecule has 0 spiro atoms. The van der Waals surface area contributed by atoms with Crippen molar-refractivity contribution in [3.05, 3.63) is 58.7 Å². The first kappa shape index (κ1) is 20.4. The Morgan fingerprint density at radius 2 is 1.74 bits per heavy atom. The van der Waals surface area contributed by atoms with E-state index >= 15 is 0 Å². The molecule has 2 rings (SSSR count). The lowest BCUT2D eigenvalue weighted by molar-refractivity contribution is 0.0938. The van der Waals surface area contributed by atoms with Crippen LogP contribution in [0.3, 0.4) is 0 Å². The minimum absolute atomic E-state index is 0.0622. The Hall–Kier alpha value is -2.89. The molecular weight excluding hydrogens is 350 g/mol. The molecule has 2 aromatic carbocycles. The molecule has 0 aliphatic rings. The number of ether oxygens (including phenoxy) is 1. The maximum absolute atomic E-state index is 14.7. The number of hydrogen-bond acceptors (Lipinski definition) is 4. The van der Waals surface area contributed by atoms with Gasteiger partial charge in [-0.25, -0.2) is 8.78 Å². The SMILES string of the molecule is CCc1cc(F)c(F)c(-c2ccc(C(=N)OC(C)=N)cc2)c1C(=O)C(C)C. The van der Waals surface area contributed by atoms with Gasteiger partial charge in [-0.1, -0.05) is 32.9 Å². The first-order chi connectivity index (χ1) is 12.7. The summed E-state index contributed by atoms with van der Waals surface area (Å²) in [6.07, 6.45) is 0.396. The Morgan fingerprint density at radius 1 is 1.15 bits per heavy atom. The van der Waals surface area contributed by atoms with Crippen LogP contribution in [0.15, 0.2) is 30.3 Å². The lowest BCUT2D eigenvalue weighted by atomic mass is 9.87. The number of ketones is 1. The number of nitrogens with one attached hydrogen (secondary N) is 2. The van der Waals surface area contributed by atoms with Crippen LogP contribution >= 0.6 is 0 Å². The fourth-order valence-electron chi connectivity index (χ4n) is 2.80. The van der Waals surface area contributed by atoms with Crippen molar-refractivity contribution in [2.75, 3.05) is 0 Å². The van der Waals surface area contributed by atoms with E-state index in [0.717, 1.165) is 6.07 Å². The van der Waals surface area contributed by atoms with Crippen molar-refractivity contribution in [1.29, 1.82) is 10.8 Å². The molecule has 0 amide bonds. The number of rotatable bonds is 5. The Labute approximate surface area is 157 Å². The third-order valence-corrected chi connectivity index (χ3v) is 4.14. The van der Waals surface area contributed by atoms with Gasteiger partial charge in [-0.3, -0.25) is 15.6 Å². The average Bonchev–Trinajstić information content (AvgIpc) is 2.62. The smallest absolute Gasteiger partial charge is 0.220 e. The lowest BCUT2D eigenvalue weighted by Gasteiger charge is -2.17. The van der Waals surface area contributed by atoms with Gasteiger partial charge in [-0.15, -0.1) is 0 Å². The molecular formula is C21H22F2N2O2. The molecule has 0 saturated carbocycles. The first-order valence-electron chi connectivity index (χ1n) is 8.64. The van der Waals surface area contributed by atoms with Gasteiger partial charge in [-0.05, 0) is 35.7 Å². The van der Waals surface area contributed by atoms with E-state index < -0.39 is 11.6 Å². The number of hydrogen-bond donors (Lipinski definition) is 2. The van der Waals surface area contributed by atoms with Gasteiger partial charge in [0, 0.05) is 29.5 Å². The van der Waals surface area contributed by atoms with Crippen LogP contribution in [0.1, 0.15) is 49.2 Å². The summed E-state index contributed by atoms with van der Waals surface area (Å²) in [5.41, 5.74) is 1.32. The second kappa shape index (κ2) is 8.20. The molecule has 0 unspecified atom stereocenters. The minimum atomic E-state index is -1.06. The zero-order valence-electron chi connectivity index (χ0n) is 15.7.